The SMILES string of the molecule is C#CCCCOCCOCC(CNP)NC. The molecule has 0 fully saturated rings. The molecule has 0 radical (unpaired) electrons. The zero-order valence-electron chi connectivity index (χ0n) is 10.00. The average Bonchev–Trinajstić information content (AvgIpc) is 2.31. The zero-order valence-corrected chi connectivity index (χ0v) is 11.2. The highest BCUT2D eigenvalue weighted by atomic mass is 31.0. The molecule has 0 aliphatic heterocycles. The van der Waals surface area contributed by atoms with Crippen LogP contribution in [0, 0.1) is 12.3 Å². The fourth-order valence-electron chi connectivity index (χ4n) is 1.11. The van der Waals surface area contributed by atoms with Gasteiger partial charge in [0.15, 0.2) is 0 Å². The highest BCUT2D eigenvalue weighted by Gasteiger charge is 2.03. The molecule has 5 heteroatoms. The Morgan fingerprint density at radius 3 is 2.69 bits per heavy atom. The number of nitrogens with one attached hydrogen (secondary N) is 2. The monoisotopic (exact) mass is 246 g/mol. The van der Waals surface area contributed by atoms with E-state index < -0.39 is 0 Å². The molecule has 0 amide bonds. The number of unbranched alkanes of at least 4 members (excludes halogenated alkanes) is 1. The van der Waals surface area contributed by atoms with Crippen molar-refractivity contribution in [2.24, 2.45) is 0 Å². The molecule has 0 aromatic heterocycles. The third kappa shape index (κ3) is 10.4. The van der Waals surface area contributed by atoms with Gasteiger partial charge in [0, 0.05) is 25.6 Å². The fourth-order valence-corrected chi connectivity index (χ4v) is 1.39. The molecule has 94 valence electrons. The van der Waals surface area contributed by atoms with Crippen LogP contribution >= 0.6 is 9.39 Å². The Morgan fingerprint density at radius 2 is 2.06 bits per heavy atom. The Bertz CT molecular complexity index is 185. The van der Waals surface area contributed by atoms with Crippen LogP contribution in [0.15, 0.2) is 0 Å². The van der Waals surface area contributed by atoms with E-state index in [1.807, 2.05) is 7.05 Å². The Balaban J connectivity index is 3.16. The summed E-state index contributed by atoms with van der Waals surface area (Å²) in [4.78, 5) is 0. The second-order valence-electron chi connectivity index (χ2n) is 3.39. The van der Waals surface area contributed by atoms with Gasteiger partial charge >= 0.3 is 0 Å². The molecule has 0 bridgehead atoms. The molecule has 0 spiro atoms. The highest BCUT2D eigenvalue weighted by Crippen LogP contribution is 1.89. The fraction of sp³-hybridized carbons (Fsp3) is 0.818. The summed E-state index contributed by atoms with van der Waals surface area (Å²) in [7, 11) is 4.40. The first-order valence-corrected chi connectivity index (χ1v) is 6.12. The summed E-state index contributed by atoms with van der Waals surface area (Å²) < 4.78 is 10.8. The van der Waals surface area contributed by atoms with Crippen LogP contribution in [-0.4, -0.2) is 46.1 Å². The van der Waals surface area contributed by atoms with E-state index in [2.05, 4.69) is 25.7 Å². The second-order valence-corrected chi connectivity index (χ2v) is 3.80. The van der Waals surface area contributed by atoms with Crippen molar-refractivity contribution in [1.82, 2.24) is 10.4 Å². The molecule has 0 saturated heterocycles. The van der Waals surface area contributed by atoms with Gasteiger partial charge in [0.1, 0.15) is 0 Å². The minimum Gasteiger partial charge on any atom is -0.379 e. The van der Waals surface area contributed by atoms with Gasteiger partial charge in [-0.25, -0.2) is 0 Å². The summed E-state index contributed by atoms with van der Waals surface area (Å²) in [5, 5.41) is 6.18. The van der Waals surface area contributed by atoms with Gasteiger partial charge < -0.3 is 14.8 Å². The van der Waals surface area contributed by atoms with Gasteiger partial charge in [-0.2, -0.15) is 0 Å². The van der Waals surface area contributed by atoms with E-state index in [0.717, 1.165) is 26.0 Å². The van der Waals surface area contributed by atoms with Crippen molar-refractivity contribution in [2.75, 3.05) is 40.0 Å². The van der Waals surface area contributed by atoms with Gasteiger partial charge in [-0.05, 0) is 13.5 Å². The van der Waals surface area contributed by atoms with E-state index in [0.29, 0.717) is 25.9 Å². The normalized spacial score (nSPS) is 12.3. The molecule has 0 aromatic carbocycles. The Hall–Kier alpha value is -0.170. The minimum absolute atomic E-state index is 0.332. The van der Waals surface area contributed by atoms with Gasteiger partial charge in [-0.15, -0.1) is 12.3 Å². The molecule has 16 heavy (non-hydrogen) atoms. The highest BCUT2D eigenvalue weighted by molar-refractivity contribution is 7.13. The van der Waals surface area contributed by atoms with E-state index in [4.69, 9.17) is 15.9 Å². The smallest absolute Gasteiger partial charge is 0.0701 e. The van der Waals surface area contributed by atoms with Crippen LogP contribution in [0.4, 0.5) is 0 Å². The first-order valence-electron chi connectivity index (χ1n) is 5.54. The van der Waals surface area contributed by atoms with E-state index in [-0.39, 0.29) is 0 Å². The van der Waals surface area contributed by atoms with Gasteiger partial charge in [-0.3, -0.25) is 5.09 Å². The predicted octanol–water partition coefficient (Wildman–Crippen LogP) is 0.401. The largest absolute Gasteiger partial charge is 0.379 e. The molecule has 2 unspecified atom stereocenters. The van der Waals surface area contributed by atoms with Crippen molar-refractivity contribution in [1.29, 1.82) is 0 Å². The van der Waals surface area contributed by atoms with Crippen LogP contribution in [0.2, 0.25) is 0 Å². The van der Waals surface area contributed by atoms with E-state index in [1.54, 1.807) is 0 Å². The van der Waals surface area contributed by atoms with Crippen molar-refractivity contribution in [3.63, 3.8) is 0 Å². The van der Waals surface area contributed by atoms with Crippen molar-refractivity contribution in [2.45, 2.75) is 18.9 Å². The lowest BCUT2D eigenvalue weighted by Crippen LogP contribution is -2.37. The molecule has 0 aliphatic rings. The number of hydrogen-bond donors (Lipinski definition) is 2. The molecule has 0 aliphatic carbocycles. The van der Waals surface area contributed by atoms with Crippen LogP contribution in [0.3, 0.4) is 0 Å². The minimum atomic E-state index is 0.332. The Kier molecular flexibility index (Phi) is 12.8. The first kappa shape index (κ1) is 15.8. The van der Waals surface area contributed by atoms with E-state index in [9.17, 15) is 0 Å². The third-order valence-electron chi connectivity index (χ3n) is 2.07. The predicted molar refractivity (Wildman–Crippen MR) is 70.3 cm³/mol. The van der Waals surface area contributed by atoms with Crippen molar-refractivity contribution in [3.8, 4) is 12.3 Å². The summed E-state index contributed by atoms with van der Waals surface area (Å²) in [6, 6.07) is 0.332. The Labute approximate surface area is 101 Å². The summed E-state index contributed by atoms with van der Waals surface area (Å²) in [6.45, 7) is 3.53. The lowest BCUT2D eigenvalue weighted by molar-refractivity contribution is 0.0399. The van der Waals surface area contributed by atoms with Gasteiger partial charge in [0.2, 0.25) is 0 Å². The molecule has 2 N–H and O–H groups in total. The van der Waals surface area contributed by atoms with Crippen LogP contribution in [0.1, 0.15) is 12.8 Å². The molecule has 4 nitrogen and oxygen atoms in total. The topological polar surface area (TPSA) is 42.5 Å². The van der Waals surface area contributed by atoms with E-state index >= 15 is 0 Å². The summed E-state index contributed by atoms with van der Waals surface area (Å²) in [5.41, 5.74) is 0. The maximum absolute atomic E-state index is 5.47. The molecule has 0 rings (SSSR count). The van der Waals surface area contributed by atoms with Crippen LogP contribution in [0.5, 0.6) is 0 Å². The van der Waals surface area contributed by atoms with Gasteiger partial charge in [-0.1, -0.05) is 9.39 Å². The molecule has 2 atom stereocenters. The summed E-state index contributed by atoms with van der Waals surface area (Å²) >= 11 is 0. The summed E-state index contributed by atoms with van der Waals surface area (Å²) in [5.74, 6) is 2.58. The van der Waals surface area contributed by atoms with Crippen LogP contribution in [-0.2, 0) is 9.47 Å². The number of ether oxygens (including phenoxy) is 2. The average molecular weight is 246 g/mol. The van der Waals surface area contributed by atoms with Gasteiger partial charge in [0.05, 0.1) is 19.8 Å². The van der Waals surface area contributed by atoms with Crippen LogP contribution < -0.4 is 10.4 Å². The maximum atomic E-state index is 5.47. The first-order chi connectivity index (χ1) is 7.85. The Morgan fingerprint density at radius 1 is 1.31 bits per heavy atom. The maximum Gasteiger partial charge on any atom is 0.0701 e. The lowest BCUT2D eigenvalue weighted by Gasteiger charge is -2.15. The number of terminal acetylenes is 1. The van der Waals surface area contributed by atoms with Crippen molar-refractivity contribution < 1.29 is 9.47 Å². The molecule has 0 saturated carbocycles. The summed E-state index contributed by atoms with van der Waals surface area (Å²) in [6.07, 6.45) is 6.83. The number of likely N-dealkylation sites (N-methyl/N-ethyl adjacent to an activating group) is 1. The molecule has 0 heterocycles. The van der Waals surface area contributed by atoms with Crippen LogP contribution in [0.25, 0.3) is 0 Å². The van der Waals surface area contributed by atoms with E-state index in [1.165, 1.54) is 0 Å². The van der Waals surface area contributed by atoms with Gasteiger partial charge in [0.25, 0.3) is 0 Å². The van der Waals surface area contributed by atoms with Crippen molar-refractivity contribution in [3.05, 3.63) is 0 Å². The molecular weight excluding hydrogens is 223 g/mol. The zero-order chi connectivity index (χ0) is 12.1. The third-order valence-corrected chi connectivity index (χ3v) is 2.31. The lowest BCUT2D eigenvalue weighted by atomic mass is 10.3. The van der Waals surface area contributed by atoms with Crippen molar-refractivity contribution >= 4 is 9.39 Å². The molecular formula is C11H23N2O2P. The number of hydrogen-bond acceptors (Lipinski definition) is 4. The standard InChI is InChI=1S/C11H23N2O2P/c1-3-4-5-6-14-7-8-15-10-11(12-2)9-13-16/h1,11-13H,4-10,16H2,2H3. The number of rotatable bonds is 11. The quantitative estimate of drug-likeness (QED) is 0.315. The molecule has 0 aromatic rings. The second kappa shape index (κ2) is 12.9.